The van der Waals surface area contributed by atoms with Crippen molar-refractivity contribution in [3.8, 4) is 0 Å². The molecule has 3 aromatic rings. The number of amides is 3. The molecule has 3 rings (SSSR count). The highest BCUT2D eigenvalue weighted by molar-refractivity contribution is 6.30. The number of carbonyl (C=O) groups is 4. The predicted molar refractivity (Wildman–Crippen MR) is 159 cm³/mol. The zero-order valence-electron chi connectivity index (χ0n) is 24.1. The third-order valence-corrected chi connectivity index (χ3v) is 5.44. The molecule has 0 spiro atoms. The van der Waals surface area contributed by atoms with E-state index < -0.39 is 6.03 Å². The first-order chi connectivity index (χ1) is 19.6. The van der Waals surface area contributed by atoms with E-state index in [1.165, 1.54) is 16.8 Å². The summed E-state index contributed by atoms with van der Waals surface area (Å²) < 4.78 is 14.2. The van der Waals surface area contributed by atoms with Crippen molar-refractivity contribution in [3.05, 3.63) is 64.9 Å². The van der Waals surface area contributed by atoms with E-state index in [2.05, 4.69) is 19.8 Å². The summed E-state index contributed by atoms with van der Waals surface area (Å²) in [5, 5.41) is 3.85. The zero-order valence-corrected chi connectivity index (χ0v) is 24.9. The molecular weight excluding hydrogens is 552 g/mol. The SMILES string of the molecule is CC(C=O)CN(C)C(=O)NC(=Nc1ccc2oc(C=O)cc2c1)N(C=O)Cc1ccc(Cl)cc1.CCOC.COC. The van der Waals surface area contributed by atoms with Crippen molar-refractivity contribution in [2.75, 3.05) is 41.5 Å². The number of hydrogen-bond donors (Lipinski definition) is 1. The molecule has 1 heterocycles. The van der Waals surface area contributed by atoms with Gasteiger partial charge < -0.3 is 23.6 Å². The van der Waals surface area contributed by atoms with Crippen LogP contribution in [0.3, 0.4) is 0 Å². The maximum atomic E-state index is 12.8. The van der Waals surface area contributed by atoms with E-state index in [9.17, 15) is 19.2 Å². The number of nitrogens with zero attached hydrogens (tertiary/aromatic N) is 3. The van der Waals surface area contributed by atoms with E-state index in [-0.39, 0.29) is 30.7 Å². The lowest BCUT2D eigenvalue weighted by Gasteiger charge is -2.24. The Hall–Kier alpha value is -4.06. The highest BCUT2D eigenvalue weighted by Crippen LogP contribution is 2.24. The number of guanidine groups is 1. The quantitative estimate of drug-likeness (QED) is 0.213. The van der Waals surface area contributed by atoms with Gasteiger partial charge in [-0.3, -0.25) is 19.8 Å². The summed E-state index contributed by atoms with van der Waals surface area (Å²) in [5.41, 5.74) is 1.69. The number of halogens is 1. The molecule has 12 heteroatoms. The van der Waals surface area contributed by atoms with E-state index in [1.54, 1.807) is 76.8 Å². The van der Waals surface area contributed by atoms with Gasteiger partial charge in [0.1, 0.15) is 11.9 Å². The number of rotatable bonds is 9. The summed E-state index contributed by atoms with van der Waals surface area (Å²) >= 11 is 5.95. The molecule has 1 aromatic heterocycles. The van der Waals surface area contributed by atoms with Gasteiger partial charge in [-0.1, -0.05) is 30.7 Å². The maximum Gasteiger partial charge on any atom is 0.323 e. The summed E-state index contributed by atoms with van der Waals surface area (Å²) in [4.78, 5) is 53.8. The van der Waals surface area contributed by atoms with Gasteiger partial charge in [0.15, 0.2) is 12.0 Å². The minimum atomic E-state index is -0.539. The summed E-state index contributed by atoms with van der Waals surface area (Å²) in [6.07, 6.45) is 1.92. The van der Waals surface area contributed by atoms with Crippen LogP contribution in [0.2, 0.25) is 5.02 Å². The maximum absolute atomic E-state index is 12.8. The van der Waals surface area contributed by atoms with Crippen molar-refractivity contribution >= 4 is 59.2 Å². The van der Waals surface area contributed by atoms with Crippen LogP contribution in [0.5, 0.6) is 0 Å². The van der Waals surface area contributed by atoms with E-state index in [1.807, 2.05) is 6.92 Å². The van der Waals surface area contributed by atoms with Crippen LogP contribution in [0, 0.1) is 5.92 Å². The molecule has 1 atom stereocenters. The fourth-order valence-corrected chi connectivity index (χ4v) is 3.29. The number of urea groups is 1. The van der Waals surface area contributed by atoms with Gasteiger partial charge in [-0.25, -0.2) is 9.79 Å². The number of ether oxygens (including phenoxy) is 2. The smallest absolute Gasteiger partial charge is 0.323 e. The Kier molecular flexibility index (Phi) is 16.3. The molecule has 0 aliphatic carbocycles. The number of furan rings is 1. The summed E-state index contributed by atoms with van der Waals surface area (Å²) in [7, 11) is 6.47. The van der Waals surface area contributed by atoms with Crippen LogP contribution in [-0.2, 0) is 25.6 Å². The average Bonchev–Trinajstić information content (AvgIpc) is 3.39. The molecule has 41 heavy (non-hydrogen) atoms. The average molecular weight is 589 g/mol. The number of carbonyl (C=O) groups excluding carboxylic acids is 4. The Bertz CT molecular complexity index is 1280. The van der Waals surface area contributed by atoms with E-state index >= 15 is 0 Å². The lowest BCUT2D eigenvalue weighted by atomic mass is 10.2. The van der Waals surface area contributed by atoms with Gasteiger partial charge in [0.05, 0.1) is 12.2 Å². The molecule has 0 aliphatic heterocycles. The fraction of sp³-hybridized carbons (Fsp3) is 0.345. The second kappa shape index (κ2) is 19.1. The predicted octanol–water partition coefficient (Wildman–Crippen LogP) is 4.94. The van der Waals surface area contributed by atoms with Crippen LogP contribution >= 0.6 is 11.6 Å². The third kappa shape index (κ3) is 12.3. The summed E-state index contributed by atoms with van der Waals surface area (Å²) in [6, 6.07) is 12.9. The Morgan fingerprint density at radius 3 is 2.27 bits per heavy atom. The standard InChI is InChI=1S/C24H23ClN4O5.C3H8O.C2H6O/c1-16(13-30)11-28(2)24(33)27-23(29(15-32)12-17-3-5-19(25)6-4-17)26-20-7-8-22-18(9-20)10-21(14-31)34-22;1-3-4-2;1-3-2/h3-10,13-16H,11-12H2,1-2H3,(H,26,27,33);3H2,1-2H3;1-2H3. The number of aliphatic imine (C=N–C) groups is 1. The first-order valence-electron chi connectivity index (χ1n) is 12.6. The molecular formula is C29H37ClN4O7. The number of benzene rings is 2. The monoisotopic (exact) mass is 588 g/mol. The molecule has 11 nitrogen and oxygen atoms in total. The highest BCUT2D eigenvalue weighted by atomic mass is 35.5. The number of nitrogens with one attached hydrogen (secondary N) is 1. The molecule has 0 radical (unpaired) electrons. The van der Waals surface area contributed by atoms with E-state index in [0.717, 1.165) is 18.5 Å². The third-order valence-electron chi connectivity index (χ3n) is 5.18. The van der Waals surface area contributed by atoms with Crippen LogP contribution in [0.1, 0.15) is 30.0 Å². The van der Waals surface area contributed by atoms with Crippen molar-refractivity contribution in [2.24, 2.45) is 10.9 Å². The molecule has 3 amide bonds. The lowest BCUT2D eigenvalue weighted by molar-refractivity contribution is -0.115. The van der Waals surface area contributed by atoms with E-state index in [4.69, 9.17) is 16.0 Å². The molecule has 2 aromatic carbocycles. The normalized spacial score (nSPS) is 11.2. The zero-order chi connectivity index (χ0) is 30.8. The van der Waals surface area contributed by atoms with Crippen molar-refractivity contribution in [1.82, 2.24) is 15.1 Å². The molecule has 0 aliphatic rings. The minimum Gasteiger partial charge on any atom is -0.453 e. The number of hydrogen-bond acceptors (Lipinski definition) is 8. The molecule has 0 saturated heterocycles. The van der Waals surface area contributed by atoms with Gasteiger partial charge in [0.25, 0.3) is 0 Å². The summed E-state index contributed by atoms with van der Waals surface area (Å²) in [6.45, 7) is 4.78. The lowest BCUT2D eigenvalue weighted by Crippen LogP contribution is -2.48. The Labute approximate surface area is 245 Å². The fourth-order valence-electron chi connectivity index (χ4n) is 3.16. The minimum absolute atomic E-state index is 0.0148. The Balaban J connectivity index is 0.00000108. The second-order valence-electron chi connectivity index (χ2n) is 8.69. The molecule has 1 unspecified atom stereocenters. The van der Waals surface area contributed by atoms with Crippen LogP contribution < -0.4 is 5.32 Å². The molecule has 0 saturated carbocycles. The van der Waals surface area contributed by atoms with Crippen LogP contribution in [0.25, 0.3) is 11.0 Å². The van der Waals surface area contributed by atoms with Crippen molar-refractivity contribution in [1.29, 1.82) is 0 Å². The summed E-state index contributed by atoms with van der Waals surface area (Å²) in [5.74, 6) is -0.199. The van der Waals surface area contributed by atoms with Crippen LogP contribution in [0.15, 0.2) is 57.9 Å². The second-order valence-corrected chi connectivity index (χ2v) is 9.13. The number of methoxy groups -OCH3 is 2. The molecule has 1 N–H and O–H groups in total. The Morgan fingerprint density at radius 2 is 1.73 bits per heavy atom. The first-order valence-corrected chi connectivity index (χ1v) is 12.9. The van der Waals surface area contributed by atoms with Gasteiger partial charge in [-0.15, -0.1) is 0 Å². The van der Waals surface area contributed by atoms with Gasteiger partial charge in [-0.2, -0.15) is 0 Å². The number of aldehydes is 2. The van der Waals surface area contributed by atoms with Gasteiger partial charge >= 0.3 is 6.03 Å². The van der Waals surface area contributed by atoms with Crippen molar-refractivity contribution < 1.29 is 33.1 Å². The molecule has 0 bridgehead atoms. The van der Waals surface area contributed by atoms with Gasteiger partial charge in [-0.05, 0) is 48.9 Å². The molecule has 0 fully saturated rings. The Morgan fingerprint density at radius 1 is 1.10 bits per heavy atom. The first kappa shape index (κ1) is 35.0. The van der Waals surface area contributed by atoms with Gasteiger partial charge in [0.2, 0.25) is 12.4 Å². The molecule has 222 valence electrons. The largest absolute Gasteiger partial charge is 0.453 e. The van der Waals surface area contributed by atoms with Crippen LogP contribution in [-0.4, -0.2) is 82.3 Å². The van der Waals surface area contributed by atoms with Gasteiger partial charge in [0, 0.05) is 57.9 Å². The highest BCUT2D eigenvalue weighted by Gasteiger charge is 2.19. The van der Waals surface area contributed by atoms with Crippen LogP contribution in [0.4, 0.5) is 10.5 Å². The topological polar surface area (TPSA) is 131 Å². The number of fused-ring (bicyclic) bond motifs is 1. The van der Waals surface area contributed by atoms with E-state index in [0.29, 0.717) is 34.4 Å². The van der Waals surface area contributed by atoms with Crippen molar-refractivity contribution in [3.63, 3.8) is 0 Å². The van der Waals surface area contributed by atoms with Crippen molar-refractivity contribution in [2.45, 2.75) is 20.4 Å².